The molecule has 1 aromatic heterocycles. The molecule has 0 fully saturated rings. The first-order valence-electron chi connectivity index (χ1n) is 4.51. The van der Waals surface area contributed by atoms with Gasteiger partial charge in [0.1, 0.15) is 5.82 Å². The number of aromatic amines is 1. The number of hydrogen-bond donors (Lipinski definition) is 1. The van der Waals surface area contributed by atoms with Crippen LogP contribution in [0.3, 0.4) is 0 Å². The Bertz CT molecular complexity index is 365. The number of aromatic nitrogens is 2. The molecule has 0 atom stereocenters. The summed E-state index contributed by atoms with van der Waals surface area (Å²) in [6.07, 6.45) is 3.46. The highest BCUT2D eigenvalue weighted by atomic mass is 35.5. The van der Waals surface area contributed by atoms with Gasteiger partial charge in [-0.1, -0.05) is 11.6 Å². The second-order valence-electron chi connectivity index (χ2n) is 2.70. The molecule has 0 saturated heterocycles. The van der Waals surface area contributed by atoms with E-state index in [1.165, 1.54) is 24.3 Å². The van der Waals surface area contributed by atoms with E-state index < -0.39 is 7.25 Å². The lowest BCUT2D eigenvalue weighted by molar-refractivity contribution is 0.368. The van der Waals surface area contributed by atoms with Crippen molar-refractivity contribution >= 4 is 18.9 Å². The predicted octanol–water partition coefficient (Wildman–Crippen LogP) is 4.30. The van der Waals surface area contributed by atoms with Crippen LogP contribution in [0.25, 0.3) is 0 Å². The van der Waals surface area contributed by atoms with Crippen molar-refractivity contribution in [3.63, 3.8) is 0 Å². The first kappa shape index (κ1) is 16.4. The largest absolute Gasteiger partial charge is 1.00 e. The summed E-state index contributed by atoms with van der Waals surface area (Å²) in [5.74, 6) is -0.255. The summed E-state index contributed by atoms with van der Waals surface area (Å²) in [7, 11) is -6.00. The summed E-state index contributed by atoms with van der Waals surface area (Å²) >= 11 is 5.44. The van der Waals surface area contributed by atoms with E-state index in [1.54, 1.807) is 12.4 Å². The number of benzene rings is 1. The highest BCUT2D eigenvalue weighted by molar-refractivity contribution is 6.50. The predicted molar refractivity (Wildman–Crippen MR) is 61.3 cm³/mol. The minimum Gasteiger partial charge on any atom is -0.418 e. The van der Waals surface area contributed by atoms with Gasteiger partial charge in [0.2, 0.25) is 0 Å². The van der Waals surface area contributed by atoms with Crippen molar-refractivity contribution < 1.29 is 23.1 Å². The minimum absolute atomic E-state index is 0. The molecule has 2 rings (SSSR count). The van der Waals surface area contributed by atoms with Crippen LogP contribution in [0.4, 0.5) is 21.7 Å². The Balaban J connectivity index is 0. The van der Waals surface area contributed by atoms with E-state index in [2.05, 4.69) is 10.2 Å². The normalized spacial score (nSPS) is 9.67. The molecule has 0 aliphatic carbocycles. The van der Waals surface area contributed by atoms with Gasteiger partial charge in [-0.3, -0.25) is 5.10 Å². The van der Waals surface area contributed by atoms with Crippen molar-refractivity contribution in [1.82, 2.24) is 10.2 Å². The second kappa shape index (κ2) is 8.51. The molecule has 9 heteroatoms. The maximum absolute atomic E-state index is 12.0. The highest BCUT2D eigenvalue weighted by Crippen LogP contribution is 2.07. The Hall–Kier alpha value is -1.57. The van der Waals surface area contributed by atoms with Crippen LogP contribution in [0.5, 0.6) is 0 Å². The summed E-state index contributed by atoms with van der Waals surface area (Å²) in [5.41, 5.74) is 0. The monoisotopic (exact) mass is 286 g/mol. The fourth-order valence-electron chi connectivity index (χ4n) is 0.645. The topological polar surface area (TPSA) is 28.7 Å². The van der Waals surface area contributed by atoms with Gasteiger partial charge in [-0.2, -0.15) is 5.10 Å². The average molecular weight is 286 g/mol. The quantitative estimate of drug-likeness (QED) is 0.567. The molecular weight excluding hydrogens is 277 g/mol. The van der Waals surface area contributed by atoms with Crippen molar-refractivity contribution in [1.29, 1.82) is 0 Å². The van der Waals surface area contributed by atoms with Crippen LogP contribution in [0.2, 0.25) is 5.02 Å². The van der Waals surface area contributed by atoms with Crippen molar-refractivity contribution in [2.24, 2.45) is 0 Å². The number of rotatable bonds is 0. The third-order valence-corrected chi connectivity index (χ3v) is 1.46. The van der Waals surface area contributed by atoms with Gasteiger partial charge in [-0.25, -0.2) is 4.39 Å². The number of nitrogens with zero attached hydrogens (tertiary/aromatic N) is 1. The molecular formula is C9H9BClF5N2. The number of hydrogen-bond acceptors (Lipinski definition) is 1. The molecule has 1 heterocycles. The van der Waals surface area contributed by atoms with Gasteiger partial charge < -0.3 is 17.3 Å². The standard InChI is InChI=1S/C6H4ClF.C3H4N2.BF4/c7-5-1-3-6(8)4-2-5;1-2-4-5-3-1;2-1(3,4)5/h1-4H;1-3H,(H,4,5);/q;;-1/p+1. The van der Waals surface area contributed by atoms with E-state index in [0.717, 1.165) is 0 Å². The molecule has 0 spiro atoms. The smallest absolute Gasteiger partial charge is 0.418 e. The van der Waals surface area contributed by atoms with E-state index in [4.69, 9.17) is 11.6 Å². The van der Waals surface area contributed by atoms with E-state index in [9.17, 15) is 21.7 Å². The van der Waals surface area contributed by atoms with Crippen LogP contribution in [0, 0.1) is 5.82 Å². The lowest BCUT2D eigenvalue weighted by atomic mass is 10.3. The molecule has 0 radical (unpaired) electrons. The second-order valence-corrected chi connectivity index (χ2v) is 3.13. The zero-order valence-electron chi connectivity index (χ0n) is 9.83. The number of H-pyrrole nitrogens is 1. The van der Waals surface area contributed by atoms with Gasteiger partial charge in [-0.05, 0) is 30.3 Å². The SMILES string of the molecule is F[B-](F)(F)F.Fc1ccc(Cl)cc1.[H+].c1cn[nH]c1. The van der Waals surface area contributed by atoms with Gasteiger partial charge in [0.25, 0.3) is 0 Å². The Labute approximate surface area is 106 Å². The first-order valence-corrected chi connectivity index (χ1v) is 4.89. The molecule has 0 unspecified atom stereocenters. The molecule has 0 bridgehead atoms. The highest BCUT2D eigenvalue weighted by Gasteiger charge is 2.20. The van der Waals surface area contributed by atoms with E-state index in [1.807, 2.05) is 6.07 Å². The summed E-state index contributed by atoms with van der Waals surface area (Å²) in [4.78, 5) is 0. The van der Waals surface area contributed by atoms with Gasteiger partial charge in [-0.15, -0.1) is 0 Å². The molecule has 18 heavy (non-hydrogen) atoms. The molecule has 0 saturated carbocycles. The Morgan fingerprint density at radius 1 is 1.11 bits per heavy atom. The van der Waals surface area contributed by atoms with Gasteiger partial charge >= 0.3 is 8.68 Å². The molecule has 100 valence electrons. The summed E-state index contributed by atoms with van der Waals surface area (Å²) < 4.78 is 51.0. The lowest BCUT2D eigenvalue weighted by Crippen LogP contribution is -2.02. The zero-order chi connectivity index (χ0) is 14.0. The van der Waals surface area contributed by atoms with Gasteiger partial charge in [0, 0.05) is 17.4 Å². The molecule has 0 amide bonds. The van der Waals surface area contributed by atoms with Crippen molar-refractivity contribution in [2.75, 3.05) is 0 Å². The fraction of sp³-hybridized carbons (Fsp3) is 0. The van der Waals surface area contributed by atoms with Crippen LogP contribution in [-0.2, 0) is 0 Å². The molecule has 2 nitrogen and oxygen atoms in total. The van der Waals surface area contributed by atoms with E-state index in [-0.39, 0.29) is 7.24 Å². The van der Waals surface area contributed by atoms with E-state index >= 15 is 0 Å². The molecule has 0 aliphatic rings. The Morgan fingerprint density at radius 2 is 1.61 bits per heavy atom. The number of nitrogens with one attached hydrogen (secondary N) is 1. The van der Waals surface area contributed by atoms with Crippen molar-refractivity contribution in [2.45, 2.75) is 0 Å². The third-order valence-electron chi connectivity index (χ3n) is 1.21. The van der Waals surface area contributed by atoms with Crippen LogP contribution in [0.15, 0.2) is 42.7 Å². The molecule has 2 aromatic rings. The zero-order valence-corrected chi connectivity index (χ0v) is 9.59. The van der Waals surface area contributed by atoms with Crippen LogP contribution in [0.1, 0.15) is 1.43 Å². The fourth-order valence-corrected chi connectivity index (χ4v) is 0.771. The maximum Gasteiger partial charge on any atom is 1.00 e. The van der Waals surface area contributed by atoms with Crippen molar-refractivity contribution in [3.05, 3.63) is 53.6 Å². The third kappa shape index (κ3) is 14.4. The van der Waals surface area contributed by atoms with Crippen LogP contribution < -0.4 is 0 Å². The van der Waals surface area contributed by atoms with Crippen molar-refractivity contribution in [3.8, 4) is 0 Å². The number of halogens is 6. The summed E-state index contributed by atoms with van der Waals surface area (Å²) in [6, 6.07) is 7.50. The Morgan fingerprint density at radius 3 is 1.83 bits per heavy atom. The molecule has 1 aromatic carbocycles. The first-order chi connectivity index (χ1) is 8.29. The lowest BCUT2D eigenvalue weighted by Gasteiger charge is -1.94. The minimum atomic E-state index is -6.00. The van der Waals surface area contributed by atoms with Crippen LogP contribution in [-0.4, -0.2) is 17.5 Å². The molecule has 1 N–H and O–H groups in total. The summed E-state index contributed by atoms with van der Waals surface area (Å²) in [5, 5.41) is 6.77. The molecule has 0 aliphatic heterocycles. The van der Waals surface area contributed by atoms with E-state index in [0.29, 0.717) is 5.02 Å². The summed E-state index contributed by atoms with van der Waals surface area (Å²) in [6.45, 7) is 0. The van der Waals surface area contributed by atoms with Gasteiger partial charge in [0.15, 0.2) is 0 Å². The Kier molecular flexibility index (Phi) is 7.77. The average Bonchev–Trinajstić information content (AvgIpc) is 2.78. The van der Waals surface area contributed by atoms with Gasteiger partial charge in [0.05, 0.1) is 0 Å². The van der Waals surface area contributed by atoms with Crippen LogP contribution >= 0.6 is 11.6 Å². The maximum atomic E-state index is 12.0.